The third-order valence-electron chi connectivity index (χ3n) is 6.92. The molecule has 0 bridgehead atoms. The summed E-state index contributed by atoms with van der Waals surface area (Å²) in [5.74, 6) is -1.73. The second-order valence-electron chi connectivity index (χ2n) is 9.24. The summed E-state index contributed by atoms with van der Waals surface area (Å²) in [6.07, 6.45) is -0.683. The number of halogens is 1. The Labute approximate surface area is 206 Å². The van der Waals surface area contributed by atoms with Crippen LogP contribution < -0.4 is 15.5 Å². The van der Waals surface area contributed by atoms with Crippen LogP contribution in [0.25, 0.3) is 0 Å². The highest BCUT2D eigenvalue weighted by atomic mass is 19.1. The van der Waals surface area contributed by atoms with Gasteiger partial charge in [-0.15, -0.1) is 0 Å². The Morgan fingerprint density at radius 3 is 2.47 bits per heavy atom. The quantitative estimate of drug-likeness (QED) is 0.543. The number of hydrogen-bond donors (Lipinski definition) is 3. The minimum atomic E-state index is -1.11. The fourth-order valence-electron chi connectivity index (χ4n) is 5.11. The highest BCUT2D eigenvalue weighted by Gasteiger charge is 2.41. The number of piperazine rings is 1. The number of benzene rings is 2. The molecule has 11 heteroatoms. The van der Waals surface area contributed by atoms with Crippen molar-refractivity contribution in [3.63, 3.8) is 0 Å². The number of imide groups is 1. The van der Waals surface area contributed by atoms with Gasteiger partial charge in [0.25, 0.3) is 5.91 Å². The van der Waals surface area contributed by atoms with Crippen molar-refractivity contribution in [2.45, 2.75) is 32.0 Å². The normalized spacial score (nSPS) is 20.4. The molecule has 2 aromatic rings. The van der Waals surface area contributed by atoms with E-state index in [4.69, 9.17) is 5.11 Å². The molecular weight excluding hydrogens is 469 g/mol. The van der Waals surface area contributed by atoms with Crippen molar-refractivity contribution >= 4 is 35.2 Å². The van der Waals surface area contributed by atoms with Crippen molar-refractivity contribution in [3.05, 3.63) is 58.9 Å². The van der Waals surface area contributed by atoms with E-state index < -0.39 is 23.9 Å². The lowest BCUT2D eigenvalue weighted by Gasteiger charge is -2.37. The lowest BCUT2D eigenvalue weighted by Crippen LogP contribution is -2.52. The SMILES string of the molecule is O=C(O)Nc1ccc(CN2CCN(c3cc(F)cc4c3CN(C3CCC(=O)NC3=O)C4=O)CC2)cc1. The number of anilines is 2. The van der Waals surface area contributed by atoms with Crippen molar-refractivity contribution in [2.75, 3.05) is 36.4 Å². The van der Waals surface area contributed by atoms with Crippen LogP contribution in [0, 0.1) is 5.82 Å². The smallest absolute Gasteiger partial charge is 0.409 e. The third kappa shape index (κ3) is 4.74. The topological polar surface area (TPSA) is 122 Å². The molecule has 3 heterocycles. The third-order valence-corrected chi connectivity index (χ3v) is 6.92. The highest BCUT2D eigenvalue weighted by Crippen LogP contribution is 2.35. The average Bonchev–Trinajstić information content (AvgIpc) is 3.16. The summed E-state index contributed by atoms with van der Waals surface area (Å²) in [5.41, 5.74) is 3.21. The molecule has 5 rings (SSSR count). The van der Waals surface area contributed by atoms with Crippen molar-refractivity contribution in [1.29, 1.82) is 0 Å². The number of rotatable bonds is 5. The summed E-state index contributed by atoms with van der Waals surface area (Å²) < 4.78 is 14.6. The first-order valence-corrected chi connectivity index (χ1v) is 11.8. The van der Waals surface area contributed by atoms with Gasteiger partial charge in [-0.05, 0) is 36.2 Å². The summed E-state index contributed by atoms with van der Waals surface area (Å²) in [7, 11) is 0. The van der Waals surface area contributed by atoms with E-state index in [1.807, 2.05) is 12.1 Å². The van der Waals surface area contributed by atoms with Crippen LogP contribution in [0.4, 0.5) is 20.6 Å². The van der Waals surface area contributed by atoms with Crippen LogP contribution in [0.5, 0.6) is 0 Å². The molecule has 0 radical (unpaired) electrons. The van der Waals surface area contributed by atoms with E-state index in [9.17, 15) is 23.6 Å². The van der Waals surface area contributed by atoms with Gasteiger partial charge in [0.15, 0.2) is 0 Å². The van der Waals surface area contributed by atoms with Crippen LogP contribution in [-0.2, 0) is 22.7 Å². The molecule has 36 heavy (non-hydrogen) atoms. The Morgan fingerprint density at radius 2 is 1.81 bits per heavy atom. The van der Waals surface area contributed by atoms with E-state index in [1.54, 1.807) is 12.1 Å². The molecule has 3 N–H and O–H groups in total. The van der Waals surface area contributed by atoms with Crippen LogP contribution >= 0.6 is 0 Å². The fraction of sp³-hybridized carbons (Fsp3) is 0.360. The van der Waals surface area contributed by atoms with Crippen molar-refractivity contribution < 1.29 is 28.7 Å². The first-order valence-electron chi connectivity index (χ1n) is 11.8. The number of nitrogens with one attached hydrogen (secondary N) is 2. The number of carbonyl (C=O) groups is 4. The number of nitrogens with zero attached hydrogens (tertiary/aromatic N) is 3. The van der Waals surface area contributed by atoms with E-state index >= 15 is 0 Å². The van der Waals surface area contributed by atoms with Gasteiger partial charge < -0.3 is 14.9 Å². The Bertz CT molecular complexity index is 1230. The number of amides is 4. The number of carboxylic acid groups (broad SMARTS) is 1. The fourth-order valence-corrected chi connectivity index (χ4v) is 5.11. The summed E-state index contributed by atoms with van der Waals surface area (Å²) in [4.78, 5) is 53.5. The molecule has 2 saturated heterocycles. The largest absolute Gasteiger partial charge is 0.465 e. The number of hydrogen-bond acceptors (Lipinski definition) is 6. The van der Waals surface area contributed by atoms with Gasteiger partial charge in [0, 0.05) is 68.2 Å². The average molecular weight is 496 g/mol. The van der Waals surface area contributed by atoms with Crippen LogP contribution in [0.2, 0.25) is 0 Å². The summed E-state index contributed by atoms with van der Waals surface area (Å²) in [5, 5.41) is 13.4. The van der Waals surface area contributed by atoms with Crippen LogP contribution in [0.3, 0.4) is 0 Å². The molecule has 3 aliphatic heterocycles. The Hall–Kier alpha value is -3.99. The molecule has 0 aliphatic carbocycles. The molecule has 0 aromatic heterocycles. The molecule has 1 unspecified atom stereocenters. The zero-order chi connectivity index (χ0) is 25.4. The van der Waals surface area contributed by atoms with Gasteiger partial charge in [-0.1, -0.05) is 12.1 Å². The van der Waals surface area contributed by atoms with Crippen molar-refractivity contribution in [1.82, 2.24) is 15.1 Å². The maximum Gasteiger partial charge on any atom is 0.409 e. The van der Waals surface area contributed by atoms with Gasteiger partial charge >= 0.3 is 6.09 Å². The second-order valence-corrected chi connectivity index (χ2v) is 9.24. The second kappa shape index (κ2) is 9.57. The zero-order valence-electron chi connectivity index (χ0n) is 19.5. The van der Waals surface area contributed by atoms with E-state index in [0.29, 0.717) is 36.6 Å². The molecule has 0 spiro atoms. The summed E-state index contributed by atoms with van der Waals surface area (Å²) in [6, 6.07) is 9.14. The molecule has 2 aromatic carbocycles. The van der Waals surface area contributed by atoms with E-state index in [0.717, 1.165) is 18.7 Å². The molecule has 3 aliphatic rings. The lowest BCUT2D eigenvalue weighted by atomic mass is 10.0. The minimum absolute atomic E-state index is 0.165. The maximum absolute atomic E-state index is 14.6. The predicted octanol–water partition coefficient (Wildman–Crippen LogP) is 2.00. The molecule has 4 amide bonds. The van der Waals surface area contributed by atoms with Crippen molar-refractivity contribution in [2.24, 2.45) is 0 Å². The summed E-state index contributed by atoms with van der Waals surface area (Å²) >= 11 is 0. The summed E-state index contributed by atoms with van der Waals surface area (Å²) in [6.45, 7) is 3.63. The highest BCUT2D eigenvalue weighted by molar-refractivity contribution is 6.06. The van der Waals surface area contributed by atoms with Gasteiger partial charge in [-0.3, -0.25) is 29.9 Å². The standard InChI is InChI=1S/C25H26FN5O5/c26-16-11-18-19(14-31(24(18)34)20-5-6-22(32)28-23(20)33)21(12-16)30-9-7-29(8-10-30)13-15-1-3-17(4-2-15)27-25(35)36/h1-4,11-12,20,27H,5-10,13-14H2,(H,35,36)(H,28,32,33). The van der Waals surface area contributed by atoms with Crippen molar-refractivity contribution in [3.8, 4) is 0 Å². The Morgan fingerprint density at radius 1 is 1.08 bits per heavy atom. The van der Waals surface area contributed by atoms with Gasteiger partial charge in [0.2, 0.25) is 11.8 Å². The number of fused-ring (bicyclic) bond motifs is 1. The Kier molecular flexibility index (Phi) is 6.31. The van der Waals surface area contributed by atoms with Gasteiger partial charge in [0.05, 0.1) is 0 Å². The van der Waals surface area contributed by atoms with Crippen LogP contribution in [0.15, 0.2) is 36.4 Å². The lowest BCUT2D eigenvalue weighted by molar-refractivity contribution is -0.136. The van der Waals surface area contributed by atoms with E-state index in [1.165, 1.54) is 17.0 Å². The zero-order valence-corrected chi connectivity index (χ0v) is 19.5. The van der Waals surface area contributed by atoms with E-state index in [-0.39, 0.29) is 36.8 Å². The number of piperidine rings is 1. The first kappa shape index (κ1) is 23.7. The minimum Gasteiger partial charge on any atom is -0.465 e. The van der Waals surface area contributed by atoms with Gasteiger partial charge in [-0.2, -0.15) is 0 Å². The molecule has 188 valence electrons. The molecule has 0 saturated carbocycles. The molecular formula is C25H26FN5O5. The number of carbonyl (C=O) groups excluding carboxylic acids is 3. The van der Waals surface area contributed by atoms with E-state index in [2.05, 4.69) is 20.4 Å². The van der Waals surface area contributed by atoms with Gasteiger partial charge in [0.1, 0.15) is 11.9 Å². The monoisotopic (exact) mass is 495 g/mol. The molecule has 1 atom stereocenters. The predicted molar refractivity (Wildman–Crippen MR) is 128 cm³/mol. The van der Waals surface area contributed by atoms with Gasteiger partial charge in [-0.25, -0.2) is 9.18 Å². The first-order chi connectivity index (χ1) is 17.3. The molecule has 2 fully saturated rings. The molecule has 10 nitrogen and oxygen atoms in total. The maximum atomic E-state index is 14.6. The Balaban J connectivity index is 1.26. The van der Waals surface area contributed by atoms with Crippen LogP contribution in [-0.4, -0.2) is 70.9 Å². The van der Waals surface area contributed by atoms with Crippen LogP contribution in [0.1, 0.15) is 34.3 Å².